The van der Waals surface area contributed by atoms with Crippen LogP contribution < -0.4 is 19.5 Å². The number of sulfonamides is 1. The number of nitrogens with one attached hydrogen (secondary N) is 2. The van der Waals surface area contributed by atoms with E-state index in [4.69, 9.17) is 21.1 Å². The van der Waals surface area contributed by atoms with Crippen LogP contribution in [0.1, 0.15) is 6.92 Å². The highest BCUT2D eigenvalue weighted by molar-refractivity contribution is 7.99. The molecule has 0 saturated carbocycles. The molecule has 0 spiro atoms. The number of amides is 1. The highest BCUT2D eigenvalue weighted by Gasteiger charge is 2.24. The summed E-state index contributed by atoms with van der Waals surface area (Å²) in [6.07, 6.45) is 0. The molecule has 1 aliphatic heterocycles. The van der Waals surface area contributed by atoms with Crippen LogP contribution in [0.4, 0.5) is 11.4 Å². The number of anilines is 2. The molecule has 0 saturated heterocycles. The van der Waals surface area contributed by atoms with Crippen LogP contribution in [0.3, 0.4) is 0 Å². The maximum Gasteiger partial charge on any atom is 0.262 e. The predicted molar refractivity (Wildman–Crippen MR) is 110 cm³/mol. The van der Waals surface area contributed by atoms with E-state index in [1.807, 2.05) is 6.92 Å². The predicted octanol–water partition coefficient (Wildman–Crippen LogP) is 3.84. The van der Waals surface area contributed by atoms with Crippen molar-refractivity contribution in [1.29, 1.82) is 0 Å². The summed E-state index contributed by atoms with van der Waals surface area (Å²) in [6.45, 7) is 1.83. The van der Waals surface area contributed by atoms with Crippen LogP contribution in [0.25, 0.3) is 0 Å². The van der Waals surface area contributed by atoms with Crippen LogP contribution in [0.2, 0.25) is 5.02 Å². The van der Waals surface area contributed by atoms with Crippen LogP contribution >= 0.6 is 23.4 Å². The van der Waals surface area contributed by atoms with Crippen molar-refractivity contribution in [3.8, 4) is 11.5 Å². The molecular weight excluding hydrogens is 424 g/mol. The molecule has 10 heteroatoms. The summed E-state index contributed by atoms with van der Waals surface area (Å²) in [5, 5.41) is 3.02. The number of hydrogen-bond acceptors (Lipinski definition) is 6. The standard InChI is InChI=1S/C18H19ClN2O5S2/c1-10-9-27-17-5-4-11(6-14(17)20-18(10)22)28(23,24)21-13-7-12(19)15(25-2)8-16(13)26-3/h4-8,10,21H,9H2,1-3H3,(H,20,22)/t10-/m1/s1. The Morgan fingerprint density at radius 3 is 2.57 bits per heavy atom. The molecule has 1 heterocycles. The fourth-order valence-corrected chi connectivity index (χ4v) is 4.93. The molecule has 0 aromatic heterocycles. The Bertz CT molecular complexity index is 1030. The summed E-state index contributed by atoms with van der Waals surface area (Å²) in [5.74, 6) is 0.946. The van der Waals surface area contributed by atoms with E-state index in [-0.39, 0.29) is 33.2 Å². The van der Waals surface area contributed by atoms with Crippen LogP contribution in [0.5, 0.6) is 11.5 Å². The Balaban J connectivity index is 1.96. The molecule has 0 bridgehead atoms. The molecule has 0 aliphatic carbocycles. The third-order valence-electron chi connectivity index (χ3n) is 4.17. The van der Waals surface area contributed by atoms with E-state index in [9.17, 15) is 13.2 Å². The summed E-state index contributed by atoms with van der Waals surface area (Å²) in [5.41, 5.74) is 0.650. The Hall–Kier alpha value is -2.10. The fraction of sp³-hybridized carbons (Fsp3) is 0.278. The van der Waals surface area contributed by atoms with Gasteiger partial charge < -0.3 is 14.8 Å². The largest absolute Gasteiger partial charge is 0.495 e. The Morgan fingerprint density at radius 1 is 1.18 bits per heavy atom. The minimum absolute atomic E-state index is 0.00990. The first-order valence-electron chi connectivity index (χ1n) is 8.27. The van der Waals surface area contributed by atoms with Gasteiger partial charge in [-0.15, -0.1) is 11.8 Å². The molecule has 3 rings (SSSR count). The lowest BCUT2D eigenvalue weighted by atomic mass is 10.2. The van der Waals surface area contributed by atoms with Crippen molar-refractivity contribution in [2.75, 3.05) is 30.0 Å². The Kier molecular flexibility index (Phi) is 5.97. The molecule has 2 aromatic rings. The lowest BCUT2D eigenvalue weighted by Crippen LogP contribution is -2.20. The minimum atomic E-state index is -3.95. The maximum atomic E-state index is 12.9. The SMILES string of the molecule is COc1cc(OC)c(NS(=O)(=O)c2ccc3c(c2)NC(=O)[C@H](C)CS3)cc1Cl. The first-order valence-corrected chi connectivity index (χ1v) is 11.1. The number of carbonyl (C=O) groups is 1. The fourth-order valence-electron chi connectivity index (χ4n) is 2.59. The zero-order valence-corrected chi connectivity index (χ0v) is 17.8. The molecule has 150 valence electrons. The summed E-state index contributed by atoms with van der Waals surface area (Å²) in [7, 11) is -1.08. The maximum absolute atomic E-state index is 12.9. The number of hydrogen-bond donors (Lipinski definition) is 2. The lowest BCUT2D eigenvalue weighted by molar-refractivity contribution is -0.118. The van der Waals surface area contributed by atoms with Crippen LogP contribution in [0.15, 0.2) is 40.1 Å². The van der Waals surface area contributed by atoms with Crippen molar-refractivity contribution in [2.45, 2.75) is 16.7 Å². The quantitative estimate of drug-likeness (QED) is 0.730. The van der Waals surface area contributed by atoms with Gasteiger partial charge in [-0.25, -0.2) is 8.42 Å². The van der Waals surface area contributed by atoms with E-state index in [2.05, 4.69) is 10.0 Å². The molecule has 28 heavy (non-hydrogen) atoms. The molecular formula is C18H19ClN2O5S2. The second-order valence-electron chi connectivity index (χ2n) is 6.15. The van der Waals surface area contributed by atoms with E-state index >= 15 is 0 Å². The Labute approximate surface area is 172 Å². The van der Waals surface area contributed by atoms with Gasteiger partial charge in [-0.05, 0) is 24.3 Å². The van der Waals surface area contributed by atoms with E-state index in [1.165, 1.54) is 50.2 Å². The summed E-state index contributed by atoms with van der Waals surface area (Å²) in [6, 6.07) is 7.53. The van der Waals surface area contributed by atoms with Gasteiger partial charge in [0.1, 0.15) is 11.5 Å². The summed E-state index contributed by atoms with van der Waals surface area (Å²) < 4.78 is 38.6. The number of benzene rings is 2. The van der Waals surface area contributed by atoms with Gasteiger partial charge in [0.2, 0.25) is 5.91 Å². The van der Waals surface area contributed by atoms with Crippen LogP contribution in [0, 0.1) is 5.92 Å². The number of methoxy groups -OCH3 is 2. The molecule has 1 amide bonds. The van der Waals surface area contributed by atoms with Crippen molar-refractivity contribution in [1.82, 2.24) is 0 Å². The number of carbonyl (C=O) groups excluding carboxylic acids is 1. The number of ether oxygens (including phenoxy) is 2. The van der Waals surface area contributed by atoms with Crippen molar-refractivity contribution in [2.24, 2.45) is 5.92 Å². The smallest absolute Gasteiger partial charge is 0.262 e. The minimum Gasteiger partial charge on any atom is -0.495 e. The third-order valence-corrected chi connectivity index (χ3v) is 7.17. The van der Waals surface area contributed by atoms with Gasteiger partial charge in [0, 0.05) is 22.6 Å². The van der Waals surface area contributed by atoms with E-state index in [0.717, 1.165) is 4.90 Å². The molecule has 2 aromatic carbocycles. The monoisotopic (exact) mass is 442 g/mol. The van der Waals surface area contributed by atoms with Crippen LogP contribution in [-0.2, 0) is 14.8 Å². The van der Waals surface area contributed by atoms with Crippen molar-refractivity contribution in [3.63, 3.8) is 0 Å². The first kappa shape index (κ1) is 20.6. The molecule has 0 radical (unpaired) electrons. The number of thioether (sulfide) groups is 1. The van der Waals surface area contributed by atoms with Crippen LogP contribution in [-0.4, -0.2) is 34.3 Å². The van der Waals surface area contributed by atoms with E-state index < -0.39 is 10.0 Å². The van der Waals surface area contributed by atoms with Gasteiger partial charge >= 0.3 is 0 Å². The van der Waals surface area contributed by atoms with Gasteiger partial charge in [0.25, 0.3) is 10.0 Å². The lowest BCUT2D eigenvalue weighted by Gasteiger charge is -2.15. The number of rotatable bonds is 5. The van der Waals surface area contributed by atoms with E-state index in [1.54, 1.807) is 6.07 Å². The van der Waals surface area contributed by atoms with Gasteiger partial charge in [0.15, 0.2) is 0 Å². The zero-order valence-electron chi connectivity index (χ0n) is 15.4. The average molecular weight is 443 g/mol. The van der Waals surface area contributed by atoms with Crippen molar-refractivity contribution in [3.05, 3.63) is 35.4 Å². The van der Waals surface area contributed by atoms with E-state index in [0.29, 0.717) is 17.2 Å². The van der Waals surface area contributed by atoms with Crippen molar-refractivity contribution >= 4 is 50.7 Å². The second kappa shape index (κ2) is 8.10. The number of halogens is 1. The molecule has 1 atom stereocenters. The highest BCUT2D eigenvalue weighted by Crippen LogP contribution is 2.38. The summed E-state index contributed by atoms with van der Waals surface area (Å²) in [4.78, 5) is 12.9. The molecule has 0 unspecified atom stereocenters. The number of fused-ring (bicyclic) bond motifs is 1. The molecule has 1 aliphatic rings. The van der Waals surface area contributed by atoms with Gasteiger partial charge in [-0.1, -0.05) is 18.5 Å². The molecule has 0 fully saturated rings. The van der Waals surface area contributed by atoms with Crippen molar-refractivity contribution < 1.29 is 22.7 Å². The molecule has 2 N–H and O–H groups in total. The average Bonchev–Trinajstić information content (AvgIpc) is 2.80. The van der Waals surface area contributed by atoms with Gasteiger partial charge in [-0.2, -0.15) is 0 Å². The Morgan fingerprint density at radius 2 is 1.89 bits per heavy atom. The normalized spacial score (nSPS) is 16.6. The third kappa shape index (κ3) is 4.16. The highest BCUT2D eigenvalue weighted by atomic mass is 35.5. The topological polar surface area (TPSA) is 93.7 Å². The second-order valence-corrected chi connectivity index (χ2v) is 9.30. The summed E-state index contributed by atoms with van der Waals surface area (Å²) >= 11 is 7.62. The molecule has 7 nitrogen and oxygen atoms in total. The van der Waals surface area contributed by atoms with Gasteiger partial charge in [-0.3, -0.25) is 9.52 Å². The first-order chi connectivity index (χ1) is 13.2. The zero-order chi connectivity index (χ0) is 20.5. The van der Waals surface area contributed by atoms with Gasteiger partial charge in [0.05, 0.1) is 35.5 Å².